The Bertz CT molecular complexity index is 501. The van der Waals surface area contributed by atoms with Gasteiger partial charge in [0.1, 0.15) is 0 Å². The molecule has 0 radical (unpaired) electrons. The average Bonchev–Trinajstić information content (AvgIpc) is 3.05. The van der Waals surface area contributed by atoms with Crippen LogP contribution in [0.1, 0.15) is 52.2 Å². The zero-order valence-corrected chi connectivity index (χ0v) is 13.4. The molecule has 1 aromatic heterocycles. The molecule has 2 unspecified atom stereocenters. The lowest BCUT2D eigenvalue weighted by atomic mass is 9.94. The van der Waals surface area contributed by atoms with Gasteiger partial charge in [0, 0.05) is 24.0 Å². The lowest BCUT2D eigenvalue weighted by molar-refractivity contribution is 0.0790. The van der Waals surface area contributed by atoms with Crippen LogP contribution in [0.5, 0.6) is 0 Å². The zero-order chi connectivity index (χ0) is 14.2. The second-order valence-corrected chi connectivity index (χ2v) is 7.93. The molecule has 1 N–H and O–H groups in total. The number of rotatable bonds is 1. The first-order valence-electron chi connectivity index (χ1n) is 8.45. The normalized spacial score (nSPS) is 28.9. The molecule has 1 aliphatic carbocycles. The van der Waals surface area contributed by atoms with E-state index in [0.29, 0.717) is 12.0 Å². The van der Waals surface area contributed by atoms with Gasteiger partial charge in [-0.3, -0.25) is 4.79 Å². The van der Waals surface area contributed by atoms with Crippen LogP contribution in [0.25, 0.3) is 0 Å². The summed E-state index contributed by atoms with van der Waals surface area (Å²) >= 11 is 1.77. The van der Waals surface area contributed by atoms with E-state index in [1.54, 1.807) is 11.3 Å². The Hall–Kier alpha value is -0.870. The monoisotopic (exact) mass is 304 g/mol. The van der Waals surface area contributed by atoms with E-state index in [2.05, 4.69) is 16.3 Å². The van der Waals surface area contributed by atoms with E-state index in [-0.39, 0.29) is 5.91 Å². The lowest BCUT2D eigenvalue weighted by Crippen LogP contribution is -2.41. The smallest absolute Gasteiger partial charge is 0.264 e. The summed E-state index contributed by atoms with van der Waals surface area (Å²) in [5.41, 5.74) is 1.45. The summed E-state index contributed by atoms with van der Waals surface area (Å²) < 4.78 is 0. The quantitative estimate of drug-likeness (QED) is 0.809. The summed E-state index contributed by atoms with van der Waals surface area (Å²) in [7, 11) is 0. The van der Waals surface area contributed by atoms with E-state index >= 15 is 0 Å². The van der Waals surface area contributed by atoms with Crippen molar-refractivity contribution in [3.8, 4) is 0 Å². The van der Waals surface area contributed by atoms with Crippen molar-refractivity contribution in [1.29, 1.82) is 0 Å². The Morgan fingerprint density at radius 2 is 2.10 bits per heavy atom. The van der Waals surface area contributed by atoms with Crippen LogP contribution in [0, 0.1) is 5.92 Å². The minimum Gasteiger partial charge on any atom is -0.336 e. The van der Waals surface area contributed by atoms with Gasteiger partial charge in [-0.05, 0) is 62.6 Å². The maximum absolute atomic E-state index is 12.8. The van der Waals surface area contributed by atoms with Crippen LogP contribution in [0.15, 0.2) is 6.07 Å². The fourth-order valence-corrected chi connectivity index (χ4v) is 5.36. The third kappa shape index (κ3) is 2.64. The molecule has 0 saturated carbocycles. The summed E-state index contributed by atoms with van der Waals surface area (Å²) in [6, 6.07) is 2.74. The van der Waals surface area contributed by atoms with Crippen molar-refractivity contribution in [3.63, 3.8) is 0 Å². The largest absolute Gasteiger partial charge is 0.336 e. The molecule has 2 aliphatic heterocycles. The number of hydrogen-bond acceptors (Lipinski definition) is 3. The van der Waals surface area contributed by atoms with E-state index in [4.69, 9.17) is 0 Å². The molecule has 2 saturated heterocycles. The van der Waals surface area contributed by atoms with Crippen LogP contribution in [0.3, 0.4) is 0 Å². The van der Waals surface area contributed by atoms with Crippen LogP contribution >= 0.6 is 11.3 Å². The molecule has 0 bridgehead atoms. The second kappa shape index (κ2) is 5.73. The molecule has 1 amide bonds. The van der Waals surface area contributed by atoms with Gasteiger partial charge in [0.15, 0.2) is 0 Å². The molecule has 2 fully saturated rings. The number of hydrogen-bond donors (Lipinski definition) is 1. The molecule has 3 nitrogen and oxygen atoms in total. The fourth-order valence-electron chi connectivity index (χ4n) is 4.14. The number of fused-ring (bicyclic) bond motifs is 2. The van der Waals surface area contributed by atoms with Gasteiger partial charge in [-0.2, -0.15) is 0 Å². The highest BCUT2D eigenvalue weighted by atomic mass is 32.1. The Labute approximate surface area is 130 Å². The summed E-state index contributed by atoms with van der Waals surface area (Å²) in [6.45, 7) is 2.99. The molecule has 114 valence electrons. The molecule has 21 heavy (non-hydrogen) atoms. The molecule has 3 aliphatic rings. The second-order valence-electron chi connectivity index (χ2n) is 6.79. The average molecular weight is 304 g/mol. The first kappa shape index (κ1) is 13.8. The van der Waals surface area contributed by atoms with Gasteiger partial charge >= 0.3 is 0 Å². The number of aryl methyl sites for hydroxylation is 2. The SMILES string of the molecule is O=C(c1cc2c(s1)CCCCC2)N1CC2CCCNC2C1. The van der Waals surface area contributed by atoms with Crippen LogP contribution < -0.4 is 5.32 Å². The van der Waals surface area contributed by atoms with Crippen molar-refractivity contribution in [1.82, 2.24) is 10.2 Å². The van der Waals surface area contributed by atoms with Crippen molar-refractivity contribution in [3.05, 3.63) is 21.4 Å². The minimum atomic E-state index is 0.282. The number of carbonyl (C=O) groups excluding carboxylic acids is 1. The standard InChI is InChI=1S/C17H24N2OS/c20-17(19-10-13-6-4-8-18-14(13)11-19)16-9-12-5-2-1-3-7-15(12)21-16/h9,13-14,18H,1-8,10-11H2. The number of nitrogens with one attached hydrogen (secondary N) is 1. The summed E-state index contributed by atoms with van der Waals surface area (Å²) in [6.07, 6.45) is 8.81. The number of thiophene rings is 1. The fraction of sp³-hybridized carbons (Fsp3) is 0.706. The van der Waals surface area contributed by atoms with Crippen molar-refractivity contribution in [2.45, 2.75) is 51.0 Å². The summed E-state index contributed by atoms with van der Waals surface area (Å²) in [4.78, 5) is 17.4. The molecular weight excluding hydrogens is 280 g/mol. The van der Waals surface area contributed by atoms with Gasteiger partial charge in [-0.25, -0.2) is 0 Å². The summed E-state index contributed by atoms with van der Waals surface area (Å²) in [5, 5.41) is 3.58. The van der Waals surface area contributed by atoms with E-state index in [1.165, 1.54) is 55.4 Å². The van der Waals surface area contributed by atoms with Crippen molar-refractivity contribution in [2.75, 3.05) is 19.6 Å². The van der Waals surface area contributed by atoms with E-state index < -0.39 is 0 Å². The van der Waals surface area contributed by atoms with E-state index in [0.717, 1.165) is 24.5 Å². The predicted molar refractivity (Wildman–Crippen MR) is 86.0 cm³/mol. The topological polar surface area (TPSA) is 32.3 Å². The van der Waals surface area contributed by atoms with Gasteiger partial charge in [0.2, 0.25) is 0 Å². The highest BCUT2D eigenvalue weighted by Crippen LogP contribution is 2.32. The molecule has 0 spiro atoms. The molecule has 2 atom stereocenters. The molecule has 4 heteroatoms. The molecular formula is C17H24N2OS. The van der Waals surface area contributed by atoms with Crippen molar-refractivity contribution >= 4 is 17.2 Å². The number of amides is 1. The predicted octanol–water partition coefficient (Wildman–Crippen LogP) is 2.84. The molecule has 4 rings (SSSR count). The zero-order valence-electron chi connectivity index (χ0n) is 12.6. The van der Waals surface area contributed by atoms with Crippen molar-refractivity contribution in [2.24, 2.45) is 5.92 Å². The number of nitrogens with zero attached hydrogens (tertiary/aromatic N) is 1. The molecule has 1 aromatic rings. The number of likely N-dealkylation sites (tertiary alicyclic amines) is 1. The van der Waals surface area contributed by atoms with Crippen molar-refractivity contribution < 1.29 is 4.79 Å². The third-order valence-corrected chi connectivity index (χ3v) is 6.57. The highest BCUT2D eigenvalue weighted by molar-refractivity contribution is 7.14. The third-order valence-electron chi connectivity index (χ3n) is 5.34. The van der Waals surface area contributed by atoms with Gasteiger partial charge in [-0.15, -0.1) is 11.3 Å². The van der Waals surface area contributed by atoms with Crippen LogP contribution in [-0.2, 0) is 12.8 Å². The molecule has 3 heterocycles. The summed E-state index contributed by atoms with van der Waals surface area (Å²) in [5.74, 6) is 0.963. The Kier molecular flexibility index (Phi) is 3.76. The maximum Gasteiger partial charge on any atom is 0.264 e. The van der Waals surface area contributed by atoms with Crippen LogP contribution in [-0.4, -0.2) is 36.5 Å². The van der Waals surface area contributed by atoms with Crippen LogP contribution in [0.4, 0.5) is 0 Å². The molecule has 0 aromatic carbocycles. The Balaban J connectivity index is 1.50. The lowest BCUT2D eigenvalue weighted by Gasteiger charge is -2.24. The number of piperidine rings is 1. The van der Waals surface area contributed by atoms with Gasteiger partial charge in [-0.1, -0.05) is 6.42 Å². The first-order chi connectivity index (χ1) is 10.3. The maximum atomic E-state index is 12.8. The van der Waals surface area contributed by atoms with Crippen LogP contribution in [0.2, 0.25) is 0 Å². The van der Waals surface area contributed by atoms with Gasteiger partial charge in [0.25, 0.3) is 5.91 Å². The van der Waals surface area contributed by atoms with Gasteiger partial charge < -0.3 is 10.2 Å². The minimum absolute atomic E-state index is 0.282. The first-order valence-corrected chi connectivity index (χ1v) is 9.27. The van der Waals surface area contributed by atoms with E-state index in [9.17, 15) is 4.79 Å². The highest BCUT2D eigenvalue weighted by Gasteiger charge is 2.37. The van der Waals surface area contributed by atoms with E-state index in [1.807, 2.05) is 0 Å². The Morgan fingerprint density at radius 3 is 3.00 bits per heavy atom. The number of carbonyl (C=O) groups is 1. The van der Waals surface area contributed by atoms with Gasteiger partial charge in [0.05, 0.1) is 4.88 Å². The Morgan fingerprint density at radius 1 is 1.19 bits per heavy atom.